The molecule has 0 saturated carbocycles. The number of nitrogens with one attached hydrogen (secondary N) is 2. The number of hydrogen-bond donors (Lipinski definition) is 3. The summed E-state index contributed by atoms with van der Waals surface area (Å²) in [6.45, 7) is 0. The van der Waals surface area contributed by atoms with Crippen LogP contribution in [0, 0.1) is 17.1 Å². The maximum Gasteiger partial charge on any atom is 0.487 e. The summed E-state index contributed by atoms with van der Waals surface area (Å²) in [5, 5.41) is 24.7. The predicted molar refractivity (Wildman–Crippen MR) is 121 cm³/mol. The Bertz CT molecular complexity index is 1290. The number of aliphatic hydroxyl groups is 1. The molecule has 0 spiro atoms. The van der Waals surface area contributed by atoms with Crippen molar-refractivity contribution in [2.24, 2.45) is 0 Å². The normalized spacial score (nSPS) is 17.6. The lowest BCUT2D eigenvalue weighted by molar-refractivity contribution is -0.0964. The van der Waals surface area contributed by atoms with Crippen molar-refractivity contribution in [1.82, 2.24) is 10.3 Å². The van der Waals surface area contributed by atoms with Crippen LogP contribution in [-0.2, 0) is 0 Å². The van der Waals surface area contributed by atoms with E-state index < -0.39 is 23.5 Å². The van der Waals surface area contributed by atoms with E-state index in [0.29, 0.717) is 35.3 Å². The Labute approximate surface area is 203 Å². The van der Waals surface area contributed by atoms with E-state index >= 15 is 0 Å². The number of alkyl halides is 3. The third-order valence-electron chi connectivity index (χ3n) is 5.32. The molecular formula is C24H18ClF3N4O3. The molecule has 1 aromatic heterocycles. The van der Waals surface area contributed by atoms with Gasteiger partial charge in [0, 0.05) is 29.0 Å². The van der Waals surface area contributed by atoms with Crippen molar-refractivity contribution < 1.29 is 27.8 Å². The number of aromatic nitrogens is 1. The predicted octanol–water partition coefficient (Wildman–Crippen LogP) is 4.92. The van der Waals surface area contributed by atoms with Crippen LogP contribution in [0.4, 0.5) is 18.9 Å². The number of hydrogen-bond acceptors (Lipinski definition) is 6. The summed E-state index contributed by atoms with van der Waals surface area (Å²) < 4.78 is 43.9. The molecule has 1 aliphatic rings. The summed E-state index contributed by atoms with van der Waals surface area (Å²) in [5.74, 6) is -1.37. The van der Waals surface area contributed by atoms with E-state index in [1.807, 2.05) is 6.07 Å². The summed E-state index contributed by atoms with van der Waals surface area (Å²) >= 11 is 4.74. The van der Waals surface area contributed by atoms with E-state index in [0.717, 1.165) is 6.07 Å². The molecule has 11 heteroatoms. The lowest BCUT2D eigenvalue weighted by Crippen LogP contribution is -2.24. The van der Waals surface area contributed by atoms with Crippen molar-refractivity contribution in [1.29, 1.82) is 5.26 Å². The minimum Gasteiger partial charge on any atom is -0.420 e. The zero-order valence-electron chi connectivity index (χ0n) is 17.9. The minimum absolute atomic E-state index is 0.102. The Morgan fingerprint density at radius 1 is 1.23 bits per heavy atom. The van der Waals surface area contributed by atoms with E-state index in [1.54, 1.807) is 0 Å². The van der Waals surface area contributed by atoms with Gasteiger partial charge >= 0.3 is 5.57 Å². The fourth-order valence-corrected chi connectivity index (χ4v) is 3.89. The summed E-state index contributed by atoms with van der Waals surface area (Å²) in [4.78, 5) is 17.3. The number of pyridine rings is 1. The Kier molecular flexibility index (Phi) is 6.93. The average molecular weight is 503 g/mol. The standard InChI is InChI=1S/C24H18ClF3N4O3/c25-24(27,28)35-18-3-1-17(2-4-18)31-23(34)15-10-19(14-7-13(11-29)8-16(26)9-14)22(30-12-15)20-5-6-21(33)32-20/h1-4,7-10,12,20-21,32-33H,5-6H2,(H,31,34)/t20?,21-/m1/s1. The molecular weight excluding hydrogens is 485 g/mol. The molecule has 35 heavy (non-hydrogen) atoms. The van der Waals surface area contributed by atoms with Crippen LogP contribution in [0.2, 0.25) is 0 Å². The molecule has 7 nitrogen and oxygen atoms in total. The second-order valence-corrected chi connectivity index (χ2v) is 8.28. The van der Waals surface area contributed by atoms with Gasteiger partial charge in [-0.25, -0.2) is 4.39 Å². The highest BCUT2D eigenvalue weighted by atomic mass is 35.5. The molecule has 3 aromatic rings. The summed E-state index contributed by atoms with van der Waals surface area (Å²) in [6, 6.07) is 12.0. The number of carbonyl (C=O) groups is 1. The number of ether oxygens (including phenoxy) is 1. The molecule has 0 aliphatic carbocycles. The summed E-state index contributed by atoms with van der Waals surface area (Å²) in [5.41, 5.74) is -2.05. The molecule has 4 rings (SSSR count). The van der Waals surface area contributed by atoms with Gasteiger partial charge in [-0.3, -0.25) is 15.1 Å². The van der Waals surface area contributed by atoms with Gasteiger partial charge in [-0.15, -0.1) is 8.78 Å². The van der Waals surface area contributed by atoms with E-state index in [2.05, 4.69) is 20.4 Å². The molecule has 1 aliphatic heterocycles. The van der Waals surface area contributed by atoms with Crippen LogP contribution in [0.3, 0.4) is 0 Å². The number of amides is 1. The average Bonchev–Trinajstić information content (AvgIpc) is 3.24. The van der Waals surface area contributed by atoms with Gasteiger partial charge in [-0.1, -0.05) is 0 Å². The number of rotatable bonds is 6. The van der Waals surface area contributed by atoms with Crippen molar-refractivity contribution in [3.8, 4) is 22.9 Å². The lowest BCUT2D eigenvalue weighted by atomic mass is 9.96. The molecule has 1 fully saturated rings. The number of aliphatic hydroxyl groups excluding tert-OH is 1. The second kappa shape index (κ2) is 9.92. The molecule has 2 aromatic carbocycles. The van der Waals surface area contributed by atoms with Crippen LogP contribution in [0.15, 0.2) is 54.7 Å². The molecule has 0 bridgehead atoms. The number of anilines is 1. The van der Waals surface area contributed by atoms with Crippen molar-refractivity contribution >= 4 is 23.2 Å². The van der Waals surface area contributed by atoms with Gasteiger partial charge in [0.1, 0.15) is 17.8 Å². The van der Waals surface area contributed by atoms with Gasteiger partial charge in [-0.2, -0.15) is 5.26 Å². The van der Waals surface area contributed by atoms with E-state index in [-0.39, 0.29) is 22.9 Å². The monoisotopic (exact) mass is 502 g/mol. The van der Waals surface area contributed by atoms with Gasteiger partial charge in [-0.05, 0) is 66.9 Å². The topological polar surface area (TPSA) is 107 Å². The molecule has 3 N–H and O–H groups in total. The number of carbonyl (C=O) groups excluding carboxylic acids is 1. The molecule has 1 saturated heterocycles. The SMILES string of the molecule is N#Cc1cc(F)cc(-c2cc(C(=O)Nc3ccc(OC(F)(F)Cl)cc3)cnc2C2CC[C@@H](O)N2)c1. The molecule has 1 amide bonds. The highest BCUT2D eigenvalue weighted by Gasteiger charge is 2.28. The first kappa shape index (κ1) is 24.5. The lowest BCUT2D eigenvalue weighted by Gasteiger charge is -2.17. The van der Waals surface area contributed by atoms with Crippen LogP contribution < -0.4 is 15.4 Å². The van der Waals surface area contributed by atoms with Gasteiger partial charge in [0.25, 0.3) is 5.91 Å². The number of nitriles is 1. The zero-order valence-corrected chi connectivity index (χ0v) is 18.7. The number of benzene rings is 2. The highest BCUT2D eigenvalue weighted by molar-refractivity contribution is 6.20. The third kappa shape index (κ3) is 6.08. The number of halogens is 4. The van der Waals surface area contributed by atoms with Gasteiger partial charge in [0.05, 0.1) is 28.9 Å². The Balaban J connectivity index is 1.65. The van der Waals surface area contributed by atoms with E-state index in [4.69, 9.17) is 11.6 Å². The van der Waals surface area contributed by atoms with Crippen LogP contribution in [0.25, 0.3) is 11.1 Å². The first-order valence-corrected chi connectivity index (χ1v) is 10.8. The van der Waals surface area contributed by atoms with E-state index in [1.165, 1.54) is 48.7 Å². The van der Waals surface area contributed by atoms with Crippen molar-refractivity contribution in [3.63, 3.8) is 0 Å². The van der Waals surface area contributed by atoms with Gasteiger partial charge in [0.2, 0.25) is 0 Å². The smallest absolute Gasteiger partial charge is 0.420 e. The Hall–Kier alpha value is -3.65. The maximum absolute atomic E-state index is 14.2. The van der Waals surface area contributed by atoms with Crippen molar-refractivity contribution in [2.75, 3.05) is 5.32 Å². The zero-order chi connectivity index (χ0) is 25.2. The fraction of sp³-hybridized carbons (Fsp3) is 0.208. The maximum atomic E-state index is 14.2. The number of nitrogens with zero attached hydrogens (tertiary/aromatic N) is 2. The first-order valence-electron chi connectivity index (χ1n) is 10.4. The summed E-state index contributed by atoms with van der Waals surface area (Å²) in [6.07, 6.45) is 1.70. The largest absolute Gasteiger partial charge is 0.487 e. The molecule has 0 radical (unpaired) electrons. The molecule has 1 unspecified atom stereocenters. The second-order valence-electron chi connectivity index (χ2n) is 7.84. The highest BCUT2D eigenvalue weighted by Crippen LogP contribution is 2.34. The quantitative estimate of drug-likeness (QED) is 0.413. The molecule has 2 atom stereocenters. The van der Waals surface area contributed by atoms with Crippen LogP contribution in [-0.4, -0.2) is 27.8 Å². The molecule has 180 valence electrons. The Morgan fingerprint density at radius 3 is 2.60 bits per heavy atom. The van der Waals surface area contributed by atoms with Crippen LogP contribution in [0.1, 0.15) is 40.5 Å². The summed E-state index contributed by atoms with van der Waals surface area (Å²) in [7, 11) is 0. The minimum atomic E-state index is -3.86. The first-order chi connectivity index (χ1) is 16.6. The van der Waals surface area contributed by atoms with Crippen LogP contribution >= 0.6 is 11.6 Å². The van der Waals surface area contributed by atoms with E-state index in [9.17, 15) is 28.3 Å². The van der Waals surface area contributed by atoms with Gasteiger partial charge in [0.15, 0.2) is 0 Å². The van der Waals surface area contributed by atoms with Gasteiger partial charge < -0.3 is 15.2 Å². The van der Waals surface area contributed by atoms with Crippen molar-refractivity contribution in [2.45, 2.75) is 30.7 Å². The fourth-order valence-electron chi connectivity index (χ4n) is 3.80. The Morgan fingerprint density at radius 2 is 1.97 bits per heavy atom. The van der Waals surface area contributed by atoms with Crippen molar-refractivity contribution in [3.05, 3.63) is 77.4 Å². The van der Waals surface area contributed by atoms with Crippen LogP contribution in [0.5, 0.6) is 5.75 Å². The molecule has 2 heterocycles. The third-order valence-corrected chi connectivity index (χ3v) is 5.39.